The van der Waals surface area contributed by atoms with Crippen LogP contribution in [0.3, 0.4) is 0 Å². The Morgan fingerprint density at radius 2 is 2.27 bits per heavy atom. The molecule has 1 amide bonds. The fourth-order valence-electron chi connectivity index (χ4n) is 1.87. The van der Waals surface area contributed by atoms with E-state index >= 15 is 0 Å². The third kappa shape index (κ3) is 2.92. The molecule has 0 spiro atoms. The average molecular weight is 214 g/mol. The lowest BCUT2D eigenvalue weighted by Crippen LogP contribution is -2.37. The zero-order valence-corrected chi connectivity index (χ0v) is 9.19. The summed E-state index contributed by atoms with van der Waals surface area (Å²) in [6.45, 7) is 3.42. The summed E-state index contributed by atoms with van der Waals surface area (Å²) < 4.78 is 0. The van der Waals surface area contributed by atoms with E-state index in [4.69, 9.17) is 5.11 Å². The molecule has 0 aromatic heterocycles. The lowest BCUT2D eigenvalue weighted by molar-refractivity contribution is -0.141. The fourth-order valence-corrected chi connectivity index (χ4v) is 1.87. The molecule has 0 aromatic rings. The molecule has 5 heteroatoms. The van der Waals surface area contributed by atoms with E-state index in [9.17, 15) is 9.59 Å². The second kappa shape index (κ2) is 5.11. The Kier molecular flexibility index (Phi) is 4.08. The standard InChI is InChI=1S/C10H18N2O3/c1-7(5-11-2)9(13)12-4-3-8(6-12)10(14)15/h7-8,11H,3-6H2,1-2H3,(H,14,15). The number of carbonyl (C=O) groups is 2. The number of amides is 1. The summed E-state index contributed by atoms with van der Waals surface area (Å²) in [5.74, 6) is -1.21. The first-order chi connectivity index (χ1) is 7.06. The van der Waals surface area contributed by atoms with Crippen molar-refractivity contribution < 1.29 is 14.7 Å². The minimum Gasteiger partial charge on any atom is -0.481 e. The van der Waals surface area contributed by atoms with Gasteiger partial charge in [0.15, 0.2) is 0 Å². The lowest BCUT2D eigenvalue weighted by Gasteiger charge is -2.20. The molecule has 2 atom stereocenters. The molecule has 0 aromatic carbocycles. The minimum atomic E-state index is -0.799. The predicted octanol–water partition coefficient (Wildman–Crippen LogP) is -0.225. The molecule has 5 nitrogen and oxygen atoms in total. The van der Waals surface area contributed by atoms with Gasteiger partial charge >= 0.3 is 5.97 Å². The third-order valence-electron chi connectivity index (χ3n) is 2.78. The number of rotatable bonds is 4. The highest BCUT2D eigenvalue weighted by Gasteiger charge is 2.32. The van der Waals surface area contributed by atoms with Crippen LogP contribution in [0.15, 0.2) is 0 Å². The third-order valence-corrected chi connectivity index (χ3v) is 2.78. The number of hydrogen-bond acceptors (Lipinski definition) is 3. The van der Waals surface area contributed by atoms with Crippen LogP contribution in [0.2, 0.25) is 0 Å². The van der Waals surface area contributed by atoms with Gasteiger partial charge in [-0.1, -0.05) is 6.92 Å². The van der Waals surface area contributed by atoms with Gasteiger partial charge in [-0.2, -0.15) is 0 Å². The van der Waals surface area contributed by atoms with E-state index in [1.807, 2.05) is 6.92 Å². The Morgan fingerprint density at radius 3 is 2.73 bits per heavy atom. The highest BCUT2D eigenvalue weighted by Crippen LogP contribution is 2.18. The monoisotopic (exact) mass is 214 g/mol. The highest BCUT2D eigenvalue weighted by molar-refractivity contribution is 5.80. The first kappa shape index (κ1) is 12.0. The first-order valence-electron chi connectivity index (χ1n) is 5.22. The van der Waals surface area contributed by atoms with Crippen LogP contribution < -0.4 is 5.32 Å². The van der Waals surface area contributed by atoms with E-state index in [0.717, 1.165) is 0 Å². The van der Waals surface area contributed by atoms with Crippen LogP contribution in [-0.2, 0) is 9.59 Å². The van der Waals surface area contributed by atoms with Gasteiger partial charge in [0.25, 0.3) is 0 Å². The lowest BCUT2D eigenvalue weighted by atomic mass is 10.1. The van der Waals surface area contributed by atoms with Crippen LogP contribution in [0.5, 0.6) is 0 Å². The Balaban J connectivity index is 2.46. The molecule has 1 aliphatic heterocycles. The molecular weight excluding hydrogens is 196 g/mol. The zero-order chi connectivity index (χ0) is 11.4. The van der Waals surface area contributed by atoms with Gasteiger partial charge < -0.3 is 15.3 Å². The number of aliphatic carboxylic acids is 1. The summed E-state index contributed by atoms with van der Waals surface area (Å²) >= 11 is 0. The van der Waals surface area contributed by atoms with Gasteiger partial charge in [0.1, 0.15) is 0 Å². The van der Waals surface area contributed by atoms with E-state index in [2.05, 4.69) is 5.32 Å². The Morgan fingerprint density at radius 1 is 1.60 bits per heavy atom. The molecule has 1 saturated heterocycles. The summed E-state index contributed by atoms with van der Waals surface area (Å²) in [4.78, 5) is 24.2. The zero-order valence-electron chi connectivity index (χ0n) is 9.19. The number of carbonyl (C=O) groups excluding carboxylic acids is 1. The molecule has 1 aliphatic rings. The highest BCUT2D eigenvalue weighted by atomic mass is 16.4. The van der Waals surface area contributed by atoms with Crippen molar-refractivity contribution >= 4 is 11.9 Å². The van der Waals surface area contributed by atoms with Crippen molar-refractivity contribution in [1.29, 1.82) is 0 Å². The Hall–Kier alpha value is -1.10. The molecule has 0 bridgehead atoms. The molecule has 2 unspecified atom stereocenters. The molecule has 15 heavy (non-hydrogen) atoms. The van der Waals surface area contributed by atoms with Crippen LogP contribution in [-0.4, -0.2) is 48.6 Å². The fraction of sp³-hybridized carbons (Fsp3) is 0.800. The van der Waals surface area contributed by atoms with E-state index in [1.54, 1.807) is 11.9 Å². The van der Waals surface area contributed by atoms with Crippen LogP contribution in [0.1, 0.15) is 13.3 Å². The van der Waals surface area contributed by atoms with Gasteiger partial charge in [0.05, 0.1) is 5.92 Å². The van der Waals surface area contributed by atoms with Gasteiger partial charge in [-0.15, -0.1) is 0 Å². The molecule has 1 rings (SSSR count). The van der Waals surface area contributed by atoms with Crippen molar-refractivity contribution in [3.8, 4) is 0 Å². The van der Waals surface area contributed by atoms with Crippen LogP contribution >= 0.6 is 0 Å². The topological polar surface area (TPSA) is 69.6 Å². The molecule has 1 fully saturated rings. The molecule has 2 N–H and O–H groups in total. The number of carboxylic acids is 1. The van der Waals surface area contributed by atoms with Crippen LogP contribution in [0.25, 0.3) is 0 Å². The van der Waals surface area contributed by atoms with Gasteiger partial charge in [-0.3, -0.25) is 9.59 Å². The second-order valence-electron chi connectivity index (χ2n) is 4.07. The van der Waals surface area contributed by atoms with E-state index in [1.165, 1.54) is 0 Å². The second-order valence-corrected chi connectivity index (χ2v) is 4.07. The van der Waals surface area contributed by atoms with Gasteiger partial charge in [-0.05, 0) is 13.5 Å². The number of hydrogen-bond donors (Lipinski definition) is 2. The van der Waals surface area contributed by atoms with E-state index in [0.29, 0.717) is 26.1 Å². The van der Waals surface area contributed by atoms with E-state index in [-0.39, 0.29) is 17.7 Å². The summed E-state index contributed by atoms with van der Waals surface area (Å²) in [5, 5.41) is 11.7. The maximum absolute atomic E-state index is 11.8. The summed E-state index contributed by atoms with van der Waals surface area (Å²) in [6.07, 6.45) is 0.577. The van der Waals surface area contributed by atoms with Crippen LogP contribution in [0, 0.1) is 11.8 Å². The van der Waals surface area contributed by atoms with Gasteiger partial charge in [0, 0.05) is 25.6 Å². The van der Waals surface area contributed by atoms with Crippen molar-refractivity contribution in [1.82, 2.24) is 10.2 Å². The summed E-state index contributed by atoms with van der Waals surface area (Å²) in [7, 11) is 1.80. The quantitative estimate of drug-likeness (QED) is 0.678. The largest absolute Gasteiger partial charge is 0.481 e. The Bertz CT molecular complexity index is 255. The molecule has 0 saturated carbocycles. The number of nitrogens with one attached hydrogen (secondary N) is 1. The van der Waals surface area contributed by atoms with Crippen molar-refractivity contribution in [2.45, 2.75) is 13.3 Å². The molecule has 0 aliphatic carbocycles. The number of nitrogens with zero attached hydrogens (tertiary/aromatic N) is 1. The van der Waals surface area contributed by atoms with Crippen LogP contribution in [0.4, 0.5) is 0 Å². The molecule has 1 heterocycles. The predicted molar refractivity (Wildman–Crippen MR) is 55.4 cm³/mol. The SMILES string of the molecule is CNCC(C)C(=O)N1CCC(C(=O)O)C1. The van der Waals surface area contributed by atoms with Crippen molar-refractivity contribution in [3.05, 3.63) is 0 Å². The summed E-state index contributed by atoms with van der Waals surface area (Å²) in [5.41, 5.74) is 0. The average Bonchev–Trinajstić information content (AvgIpc) is 2.65. The van der Waals surface area contributed by atoms with Crippen molar-refractivity contribution in [2.24, 2.45) is 11.8 Å². The van der Waals surface area contributed by atoms with Crippen molar-refractivity contribution in [2.75, 3.05) is 26.7 Å². The summed E-state index contributed by atoms with van der Waals surface area (Å²) in [6, 6.07) is 0. The van der Waals surface area contributed by atoms with Crippen molar-refractivity contribution in [3.63, 3.8) is 0 Å². The maximum atomic E-state index is 11.8. The maximum Gasteiger partial charge on any atom is 0.308 e. The molecule has 0 radical (unpaired) electrons. The Labute approximate surface area is 89.4 Å². The van der Waals surface area contributed by atoms with Gasteiger partial charge in [-0.25, -0.2) is 0 Å². The van der Waals surface area contributed by atoms with E-state index < -0.39 is 5.97 Å². The normalized spacial score (nSPS) is 22.8. The molecule has 86 valence electrons. The number of carboxylic acid groups (broad SMARTS) is 1. The minimum absolute atomic E-state index is 0.0492. The number of likely N-dealkylation sites (tertiary alicyclic amines) is 1. The molecular formula is C10H18N2O3. The first-order valence-corrected chi connectivity index (χ1v) is 5.22. The smallest absolute Gasteiger partial charge is 0.308 e. The van der Waals surface area contributed by atoms with Gasteiger partial charge in [0.2, 0.25) is 5.91 Å².